The van der Waals surface area contributed by atoms with Gasteiger partial charge in [-0.3, -0.25) is 9.59 Å². The lowest BCUT2D eigenvalue weighted by molar-refractivity contribution is 0.318. The molecule has 0 saturated carbocycles. The summed E-state index contributed by atoms with van der Waals surface area (Å²) in [5, 5.41) is 18.0. The van der Waals surface area contributed by atoms with Gasteiger partial charge < -0.3 is 19.0 Å². The lowest BCUT2D eigenvalue weighted by Gasteiger charge is -2.00. The Morgan fingerprint density at radius 3 is 2.23 bits per heavy atom. The molecule has 5 rings (SSSR count). The first-order valence-corrected chi connectivity index (χ1v) is 9.13. The topological polar surface area (TPSA) is 114 Å². The molecule has 5 aromatic rings. The van der Waals surface area contributed by atoms with E-state index >= 15 is 0 Å². The highest BCUT2D eigenvalue weighted by atomic mass is 16.3. The van der Waals surface area contributed by atoms with E-state index < -0.39 is 0 Å². The zero-order valence-corrected chi connectivity index (χ0v) is 16.1. The van der Waals surface area contributed by atoms with Crippen molar-refractivity contribution in [3.05, 3.63) is 93.6 Å². The summed E-state index contributed by atoms with van der Waals surface area (Å²) in [5.74, 6) is -0.0223. The van der Waals surface area contributed by atoms with E-state index in [0.29, 0.717) is 27.5 Å². The van der Waals surface area contributed by atoms with Crippen molar-refractivity contribution in [2.75, 3.05) is 6.61 Å². The first-order valence-electron chi connectivity index (χ1n) is 9.13. The van der Waals surface area contributed by atoms with E-state index in [4.69, 9.17) is 13.9 Å². The molecule has 7 nitrogen and oxygen atoms in total. The van der Waals surface area contributed by atoms with Crippen molar-refractivity contribution in [1.82, 2.24) is 4.98 Å². The maximum absolute atomic E-state index is 12.0. The van der Waals surface area contributed by atoms with Crippen molar-refractivity contribution in [2.24, 2.45) is 0 Å². The van der Waals surface area contributed by atoms with Crippen LogP contribution < -0.4 is 10.9 Å². The van der Waals surface area contributed by atoms with Crippen molar-refractivity contribution in [3.8, 4) is 5.75 Å². The van der Waals surface area contributed by atoms with E-state index in [0.717, 1.165) is 0 Å². The summed E-state index contributed by atoms with van der Waals surface area (Å²) in [5.41, 5.74) is 1.48. The number of benzene rings is 2. The molecule has 7 heteroatoms. The Morgan fingerprint density at radius 2 is 1.53 bits per heavy atom. The molecule has 0 fully saturated rings. The second kappa shape index (κ2) is 9.49. The van der Waals surface area contributed by atoms with E-state index in [1.165, 1.54) is 24.6 Å². The van der Waals surface area contributed by atoms with Crippen LogP contribution in [0.5, 0.6) is 5.75 Å². The van der Waals surface area contributed by atoms with Gasteiger partial charge in [0.25, 0.3) is 0 Å². The molecule has 0 aliphatic rings. The van der Waals surface area contributed by atoms with Crippen molar-refractivity contribution < 1.29 is 19.0 Å². The molecule has 0 atom stereocenters. The molecule has 152 valence electrons. The molecule has 0 amide bonds. The summed E-state index contributed by atoms with van der Waals surface area (Å²) in [6.45, 7) is 1.93. The summed E-state index contributed by atoms with van der Waals surface area (Å²) < 4.78 is 10.6. The van der Waals surface area contributed by atoms with Crippen LogP contribution in [0.3, 0.4) is 0 Å². The average molecular weight is 405 g/mol. The third kappa shape index (κ3) is 4.53. The highest BCUT2D eigenvalue weighted by Gasteiger charge is 2.08. The minimum absolute atomic E-state index is 0.00634. The molecule has 0 radical (unpaired) electrons. The zero-order valence-electron chi connectivity index (χ0n) is 16.1. The number of aliphatic hydroxyl groups is 1. The SMILES string of the molecule is CCO.O=c1c2ccccc2oc2cc(O)cnc12.O=c1ccoc2ccccc12. The number of aliphatic hydroxyl groups excluding tert-OH is 1. The molecule has 0 spiro atoms. The quantitative estimate of drug-likeness (QED) is 0.376. The molecule has 3 heterocycles. The average Bonchev–Trinajstić information content (AvgIpc) is 2.75. The summed E-state index contributed by atoms with van der Waals surface area (Å²) >= 11 is 0. The van der Waals surface area contributed by atoms with Crippen LogP contribution in [-0.2, 0) is 0 Å². The fourth-order valence-corrected chi connectivity index (χ4v) is 2.70. The van der Waals surface area contributed by atoms with Crippen LogP contribution in [0.4, 0.5) is 0 Å². The molecule has 0 aliphatic carbocycles. The molecule has 0 saturated heterocycles. The minimum atomic E-state index is -0.183. The van der Waals surface area contributed by atoms with Gasteiger partial charge in [0.1, 0.15) is 16.9 Å². The molecular weight excluding hydrogens is 386 g/mol. The largest absolute Gasteiger partial charge is 0.506 e. The second-order valence-corrected chi connectivity index (χ2v) is 6.06. The maximum Gasteiger partial charge on any atom is 0.218 e. The van der Waals surface area contributed by atoms with Crippen LogP contribution in [0.15, 0.2) is 91.5 Å². The van der Waals surface area contributed by atoms with E-state index in [2.05, 4.69) is 4.98 Å². The lowest BCUT2D eigenvalue weighted by atomic mass is 10.2. The van der Waals surface area contributed by atoms with E-state index in [1.807, 2.05) is 12.1 Å². The Labute approximate surface area is 170 Å². The first kappa shape index (κ1) is 20.8. The van der Waals surface area contributed by atoms with Crippen LogP contribution in [0.25, 0.3) is 33.0 Å². The van der Waals surface area contributed by atoms with Gasteiger partial charge in [-0.1, -0.05) is 24.3 Å². The van der Waals surface area contributed by atoms with Crippen LogP contribution in [-0.4, -0.2) is 21.8 Å². The zero-order chi connectivity index (χ0) is 21.5. The van der Waals surface area contributed by atoms with Gasteiger partial charge in [0, 0.05) is 18.7 Å². The van der Waals surface area contributed by atoms with Gasteiger partial charge in [-0.25, -0.2) is 4.98 Å². The number of rotatable bonds is 0. The van der Waals surface area contributed by atoms with Gasteiger partial charge in [-0.2, -0.15) is 0 Å². The predicted molar refractivity (Wildman–Crippen MR) is 115 cm³/mol. The minimum Gasteiger partial charge on any atom is -0.506 e. The van der Waals surface area contributed by atoms with Gasteiger partial charge in [0.2, 0.25) is 5.43 Å². The summed E-state index contributed by atoms with van der Waals surface area (Å²) in [4.78, 5) is 27.0. The number of aromatic nitrogens is 1. The second-order valence-electron chi connectivity index (χ2n) is 6.06. The fourth-order valence-electron chi connectivity index (χ4n) is 2.70. The molecule has 0 aliphatic heterocycles. The number of hydrogen-bond donors (Lipinski definition) is 2. The fraction of sp³-hybridized carbons (Fsp3) is 0.0870. The van der Waals surface area contributed by atoms with Crippen molar-refractivity contribution in [1.29, 1.82) is 0 Å². The van der Waals surface area contributed by atoms with Gasteiger partial charge >= 0.3 is 0 Å². The Hall–Kier alpha value is -3.97. The molecular formula is C23H19NO6. The lowest BCUT2D eigenvalue weighted by Crippen LogP contribution is -2.03. The van der Waals surface area contributed by atoms with Crippen LogP contribution >= 0.6 is 0 Å². The van der Waals surface area contributed by atoms with Crippen molar-refractivity contribution in [2.45, 2.75) is 6.92 Å². The summed E-state index contributed by atoms with van der Waals surface area (Å²) in [6.07, 6.45) is 2.64. The van der Waals surface area contributed by atoms with Crippen LogP contribution in [0, 0.1) is 0 Å². The standard InChI is InChI=1S/C12H7NO3.C9H6O2.C2H6O/c14-7-5-10-11(13-6-7)12(15)8-3-1-2-4-9(8)16-10;10-8-5-6-11-9-4-2-1-3-7(8)9;1-2-3/h1-6,14H;1-6H;3H,2H2,1H3. The summed E-state index contributed by atoms with van der Waals surface area (Å²) in [6, 6.07) is 16.9. The van der Waals surface area contributed by atoms with Crippen LogP contribution in [0.2, 0.25) is 0 Å². The Morgan fingerprint density at radius 1 is 0.900 bits per heavy atom. The Bertz CT molecular complexity index is 1400. The predicted octanol–water partition coefficient (Wildman–Crippen LogP) is 3.84. The Kier molecular flexibility index (Phi) is 6.56. The highest BCUT2D eigenvalue weighted by Crippen LogP contribution is 2.19. The van der Waals surface area contributed by atoms with Gasteiger partial charge in [-0.05, 0) is 31.2 Å². The van der Waals surface area contributed by atoms with Crippen molar-refractivity contribution in [3.63, 3.8) is 0 Å². The number of fused-ring (bicyclic) bond motifs is 3. The molecule has 0 bridgehead atoms. The van der Waals surface area contributed by atoms with E-state index in [1.54, 1.807) is 43.3 Å². The molecule has 2 N–H and O–H groups in total. The normalized spacial score (nSPS) is 10.2. The van der Waals surface area contributed by atoms with Gasteiger partial charge in [-0.15, -0.1) is 0 Å². The molecule has 30 heavy (non-hydrogen) atoms. The Balaban J connectivity index is 0.000000159. The third-order valence-electron chi connectivity index (χ3n) is 3.97. The number of nitrogens with zero attached hydrogens (tertiary/aromatic N) is 1. The van der Waals surface area contributed by atoms with Gasteiger partial charge in [0.05, 0.1) is 23.2 Å². The number of hydrogen-bond acceptors (Lipinski definition) is 7. The highest BCUT2D eigenvalue weighted by molar-refractivity contribution is 5.87. The molecule has 0 unspecified atom stereocenters. The molecule has 3 aromatic heterocycles. The number of para-hydroxylation sites is 2. The maximum atomic E-state index is 12.0. The first-order chi connectivity index (χ1) is 14.5. The van der Waals surface area contributed by atoms with Crippen molar-refractivity contribution >= 4 is 33.0 Å². The van der Waals surface area contributed by atoms with Gasteiger partial charge in [0.15, 0.2) is 16.5 Å². The summed E-state index contributed by atoms with van der Waals surface area (Å²) in [7, 11) is 0. The van der Waals surface area contributed by atoms with Crippen LogP contribution in [0.1, 0.15) is 6.92 Å². The smallest absolute Gasteiger partial charge is 0.218 e. The van der Waals surface area contributed by atoms with E-state index in [9.17, 15) is 14.7 Å². The number of aromatic hydroxyl groups is 1. The third-order valence-corrected chi connectivity index (χ3v) is 3.97. The molecule has 2 aromatic carbocycles. The van der Waals surface area contributed by atoms with E-state index in [-0.39, 0.29) is 28.7 Å². The number of pyridine rings is 1. The monoisotopic (exact) mass is 405 g/mol.